The first-order valence-electron chi connectivity index (χ1n) is 12.0. The number of para-hydroxylation sites is 2. The standard InChI is InChI=1S/C28H25N3O5S/c1-16(36-27(33)22-15-29-20-10-6-7-11-21(20)30-22)25(32)31-26-24(28(34)35-2)19-13-12-18(14-23(19)37-26)17-8-4-3-5-9-17/h3-11,15-16,18H,12-14H2,1-2H3,(H,31,32). The van der Waals surface area contributed by atoms with Crippen LogP contribution in [0.4, 0.5) is 5.00 Å². The molecule has 8 nitrogen and oxygen atoms in total. The Morgan fingerprint density at radius 2 is 1.76 bits per heavy atom. The molecule has 2 unspecified atom stereocenters. The van der Waals surface area contributed by atoms with Crippen molar-refractivity contribution in [2.45, 2.75) is 38.2 Å². The molecule has 0 bridgehead atoms. The first-order valence-corrected chi connectivity index (χ1v) is 12.8. The molecule has 0 spiro atoms. The van der Waals surface area contributed by atoms with E-state index in [4.69, 9.17) is 9.47 Å². The summed E-state index contributed by atoms with van der Waals surface area (Å²) >= 11 is 1.37. The molecule has 0 fully saturated rings. The lowest BCUT2D eigenvalue weighted by molar-refractivity contribution is -0.123. The van der Waals surface area contributed by atoms with Gasteiger partial charge < -0.3 is 14.8 Å². The van der Waals surface area contributed by atoms with E-state index < -0.39 is 23.9 Å². The summed E-state index contributed by atoms with van der Waals surface area (Å²) in [5, 5.41) is 3.20. The number of thiophene rings is 1. The van der Waals surface area contributed by atoms with E-state index in [1.807, 2.05) is 24.3 Å². The molecule has 0 saturated carbocycles. The highest BCUT2D eigenvalue weighted by Crippen LogP contribution is 2.42. The predicted molar refractivity (Wildman–Crippen MR) is 140 cm³/mol. The number of nitrogens with zero attached hydrogens (tertiary/aromatic N) is 2. The number of ether oxygens (including phenoxy) is 2. The van der Waals surface area contributed by atoms with Crippen molar-refractivity contribution in [2.24, 2.45) is 0 Å². The highest BCUT2D eigenvalue weighted by Gasteiger charge is 2.31. The molecule has 2 aromatic heterocycles. The number of methoxy groups -OCH3 is 1. The molecule has 0 radical (unpaired) electrons. The lowest BCUT2D eigenvalue weighted by atomic mass is 9.83. The van der Waals surface area contributed by atoms with Gasteiger partial charge in [-0.3, -0.25) is 9.78 Å². The fourth-order valence-corrected chi connectivity index (χ4v) is 5.86. The van der Waals surface area contributed by atoms with Crippen molar-refractivity contribution in [3.63, 3.8) is 0 Å². The van der Waals surface area contributed by atoms with Crippen molar-refractivity contribution in [1.29, 1.82) is 0 Å². The molecule has 1 aliphatic rings. The molecule has 2 heterocycles. The number of esters is 2. The van der Waals surface area contributed by atoms with Crippen molar-refractivity contribution in [2.75, 3.05) is 12.4 Å². The Balaban J connectivity index is 1.32. The van der Waals surface area contributed by atoms with Gasteiger partial charge in [0, 0.05) is 4.88 Å². The van der Waals surface area contributed by atoms with E-state index in [0.717, 1.165) is 23.3 Å². The van der Waals surface area contributed by atoms with Gasteiger partial charge in [-0.15, -0.1) is 11.3 Å². The number of amides is 1. The van der Waals surface area contributed by atoms with Crippen LogP contribution in [0.2, 0.25) is 0 Å². The summed E-state index contributed by atoms with van der Waals surface area (Å²) < 4.78 is 10.4. The summed E-state index contributed by atoms with van der Waals surface area (Å²) in [6.45, 7) is 1.47. The SMILES string of the molecule is COC(=O)c1c(NC(=O)C(C)OC(=O)c2cnc3ccccc3n2)sc2c1CCC(c1ccccc1)C2. The number of carbonyl (C=O) groups excluding carboxylic acids is 3. The number of aromatic nitrogens is 2. The van der Waals surface area contributed by atoms with Crippen LogP contribution in [-0.2, 0) is 27.1 Å². The van der Waals surface area contributed by atoms with Crippen molar-refractivity contribution in [3.8, 4) is 0 Å². The Kier molecular flexibility index (Phi) is 6.96. The molecule has 188 valence electrons. The number of hydrogen-bond acceptors (Lipinski definition) is 8. The zero-order valence-corrected chi connectivity index (χ0v) is 21.2. The monoisotopic (exact) mass is 515 g/mol. The first kappa shape index (κ1) is 24.6. The second-order valence-corrected chi connectivity index (χ2v) is 9.94. The van der Waals surface area contributed by atoms with E-state index in [9.17, 15) is 14.4 Å². The van der Waals surface area contributed by atoms with Crippen LogP contribution in [0, 0.1) is 0 Å². The van der Waals surface area contributed by atoms with Crippen LogP contribution in [0.5, 0.6) is 0 Å². The molecule has 5 rings (SSSR count). The highest BCUT2D eigenvalue weighted by molar-refractivity contribution is 7.17. The third kappa shape index (κ3) is 5.08. The van der Waals surface area contributed by atoms with E-state index in [1.54, 1.807) is 18.2 Å². The number of anilines is 1. The van der Waals surface area contributed by atoms with Crippen LogP contribution in [0.3, 0.4) is 0 Å². The lowest BCUT2D eigenvalue weighted by Crippen LogP contribution is -2.30. The molecule has 0 saturated heterocycles. The van der Waals surface area contributed by atoms with Crippen LogP contribution >= 0.6 is 11.3 Å². The lowest BCUT2D eigenvalue weighted by Gasteiger charge is -2.22. The van der Waals surface area contributed by atoms with Crippen LogP contribution in [0.1, 0.15) is 56.1 Å². The van der Waals surface area contributed by atoms with Crippen LogP contribution in [0.15, 0.2) is 60.8 Å². The molecule has 2 atom stereocenters. The van der Waals surface area contributed by atoms with E-state index in [0.29, 0.717) is 33.9 Å². The van der Waals surface area contributed by atoms with Crippen LogP contribution in [0.25, 0.3) is 11.0 Å². The molecule has 1 aliphatic carbocycles. The first-order chi connectivity index (χ1) is 17.9. The Morgan fingerprint density at radius 3 is 2.51 bits per heavy atom. The van der Waals surface area contributed by atoms with Gasteiger partial charge >= 0.3 is 11.9 Å². The fourth-order valence-electron chi connectivity index (χ4n) is 4.55. The van der Waals surface area contributed by atoms with E-state index >= 15 is 0 Å². The number of fused-ring (bicyclic) bond motifs is 2. The van der Waals surface area contributed by atoms with E-state index in [1.165, 1.54) is 37.1 Å². The summed E-state index contributed by atoms with van der Waals surface area (Å²) in [5.74, 6) is -1.47. The van der Waals surface area contributed by atoms with Gasteiger partial charge in [0.2, 0.25) is 0 Å². The number of carbonyl (C=O) groups is 3. The number of rotatable bonds is 6. The van der Waals surface area contributed by atoms with Crippen molar-refractivity contribution in [1.82, 2.24) is 9.97 Å². The summed E-state index contributed by atoms with van der Waals surface area (Å²) in [6.07, 6.45) is 2.57. The largest absolute Gasteiger partial charge is 0.465 e. The predicted octanol–water partition coefficient (Wildman–Crippen LogP) is 4.93. The number of hydrogen-bond donors (Lipinski definition) is 1. The molecule has 0 aliphatic heterocycles. The Labute approximate surface area is 217 Å². The maximum Gasteiger partial charge on any atom is 0.359 e. The Bertz CT molecular complexity index is 1480. The van der Waals surface area contributed by atoms with Crippen molar-refractivity contribution >= 4 is 45.2 Å². The molecular formula is C28H25N3O5S. The van der Waals surface area contributed by atoms with Gasteiger partial charge in [0.15, 0.2) is 11.8 Å². The molecule has 1 N–H and O–H groups in total. The third-order valence-corrected chi connectivity index (χ3v) is 7.64. The minimum absolute atomic E-state index is 0.00661. The van der Waals surface area contributed by atoms with Crippen molar-refractivity contribution < 1.29 is 23.9 Å². The zero-order valence-electron chi connectivity index (χ0n) is 20.4. The highest BCUT2D eigenvalue weighted by atomic mass is 32.1. The zero-order chi connectivity index (χ0) is 25.9. The molecule has 37 heavy (non-hydrogen) atoms. The fraction of sp³-hybridized carbons (Fsp3) is 0.250. The second kappa shape index (κ2) is 10.5. The van der Waals surface area contributed by atoms with Gasteiger partial charge in [0.05, 0.1) is 29.9 Å². The maximum absolute atomic E-state index is 13.0. The third-order valence-electron chi connectivity index (χ3n) is 6.47. The molecule has 1 amide bonds. The van der Waals surface area contributed by atoms with Crippen LogP contribution < -0.4 is 5.32 Å². The number of benzene rings is 2. The summed E-state index contributed by atoms with van der Waals surface area (Å²) in [5.41, 5.74) is 3.75. The normalized spacial score (nSPS) is 15.5. The summed E-state index contributed by atoms with van der Waals surface area (Å²) in [6, 6.07) is 17.4. The van der Waals surface area contributed by atoms with Gasteiger partial charge in [-0.1, -0.05) is 42.5 Å². The summed E-state index contributed by atoms with van der Waals surface area (Å²) in [7, 11) is 1.32. The van der Waals surface area contributed by atoms with Gasteiger partial charge in [-0.05, 0) is 55.4 Å². The van der Waals surface area contributed by atoms with E-state index in [2.05, 4.69) is 27.4 Å². The van der Waals surface area contributed by atoms with Gasteiger partial charge in [0.1, 0.15) is 5.00 Å². The smallest absolute Gasteiger partial charge is 0.359 e. The van der Waals surface area contributed by atoms with Crippen molar-refractivity contribution in [3.05, 3.63) is 88.1 Å². The van der Waals surface area contributed by atoms with Crippen LogP contribution in [-0.4, -0.2) is 41.0 Å². The van der Waals surface area contributed by atoms with Gasteiger partial charge in [-0.2, -0.15) is 0 Å². The minimum Gasteiger partial charge on any atom is -0.465 e. The quantitative estimate of drug-likeness (QED) is 0.363. The maximum atomic E-state index is 13.0. The Hall–Kier alpha value is -4.11. The average molecular weight is 516 g/mol. The average Bonchev–Trinajstić information content (AvgIpc) is 3.29. The van der Waals surface area contributed by atoms with Gasteiger partial charge in [0.25, 0.3) is 5.91 Å². The van der Waals surface area contributed by atoms with Gasteiger partial charge in [-0.25, -0.2) is 14.6 Å². The second-order valence-electron chi connectivity index (χ2n) is 8.83. The minimum atomic E-state index is -1.12. The molecular weight excluding hydrogens is 490 g/mol. The Morgan fingerprint density at radius 1 is 1.03 bits per heavy atom. The molecule has 2 aromatic carbocycles. The number of nitrogens with one attached hydrogen (secondary N) is 1. The summed E-state index contributed by atoms with van der Waals surface area (Å²) in [4.78, 5) is 47.8. The van der Waals surface area contributed by atoms with E-state index in [-0.39, 0.29) is 5.69 Å². The molecule has 4 aromatic rings. The topological polar surface area (TPSA) is 107 Å². The molecule has 9 heteroatoms.